The molecule has 2 unspecified atom stereocenters. The lowest BCUT2D eigenvalue weighted by molar-refractivity contribution is -0.133. The van der Waals surface area contributed by atoms with Crippen molar-refractivity contribution in [1.82, 2.24) is 19.7 Å². The Morgan fingerprint density at radius 2 is 2.00 bits per heavy atom. The number of phenols is 1. The first-order chi connectivity index (χ1) is 18.7. The molecule has 1 fully saturated rings. The lowest BCUT2D eigenvalue weighted by atomic mass is 9.81. The number of aromatic amines is 1. The number of fused-ring (bicyclic) bond motifs is 4. The van der Waals surface area contributed by atoms with E-state index in [4.69, 9.17) is 9.47 Å². The predicted molar refractivity (Wildman–Crippen MR) is 144 cm³/mol. The van der Waals surface area contributed by atoms with E-state index in [0.717, 1.165) is 19.6 Å². The molecule has 2 aliphatic heterocycles. The summed E-state index contributed by atoms with van der Waals surface area (Å²) in [6.07, 6.45) is 0.771. The number of halogens is 1. The first kappa shape index (κ1) is 27.0. The second kappa shape index (κ2) is 10.5. The third kappa shape index (κ3) is 4.41. The SMILES string of the molecule is CCN(CCCN1C(=O)N2C(c3cccc(O)c3)c3[nH]c4ccc(OC)c(F)c4c3CC2(C)C1=O)CCOC. The van der Waals surface area contributed by atoms with Crippen LogP contribution in [-0.2, 0) is 16.0 Å². The molecule has 2 aromatic carbocycles. The largest absolute Gasteiger partial charge is 0.508 e. The number of amides is 3. The van der Waals surface area contributed by atoms with Gasteiger partial charge in [-0.15, -0.1) is 0 Å². The smallest absolute Gasteiger partial charge is 0.328 e. The highest BCUT2D eigenvalue weighted by Crippen LogP contribution is 2.49. The summed E-state index contributed by atoms with van der Waals surface area (Å²) >= 11 is 0. The third-order valence-electron chi connectivity index (χ3n) is 8.05. The molecule has 3 aromatic rings. The van der Waals surface area contributed by atoms with E-state index in [1.165, 1.54) is 12.0 Å². The molecule has 3 heterocycles. The highest BCUT2D eigenvalue weighted by atomic mass is 19.1. The topological polar surface area (TPSA) is 98.3 Å². The molecule has 0 radical (unpaired) electrons. The van der Waals surface area contributed by atoms with Crippen molar-refractivity contribution in [1.29, 1.82) is 0 Å². The maximum absolute atomic E-state index is 15.6. The summed E-state index contributed by atoms with van der Waals surface area (Å²) in [7, 11) is 3.07. The minimum atomic E-state index is -1.23. The average Bonchev–Trinajstić information content (AvgIpc) is 3.37. The van der Waals surface area contributed by atoms with Gasteiger partial charge in [0.1, 0.15) is 17.3 Å². The van der Waals surface area contributed by atoms with Crippen LogP contribution in [0.4, 0.5) is 9.18 Å². The molecule has 1 aromatic heterocycles. The Morgan fingerprint density at radius 1 is 1.21 bits per heavy atom. The summed E-state index contributed by atoms with van der Waals surface area (Å²) in [5.41, 5.74) is 1.21. The van der Waals surface area contributed by atoms with Crippen LogP contribution in [0, 0.1) is 5.82 Å². The van der Waals surface area contributed by atoms with E-state index in [1.807, 2.05) is 0 Å². The summed E-state index contributed by atoms with van der Waals surface area (Å²) in [6.45, 7) is 7.03. The van der Waals surface area contributed by atoms with Crippen LogP contribution in [0.5, 0.6) is 11.5 Å². The number of rotatable bonds is 10. The van der Waals surface area contributed by atoms with Gasteiger partial charge in [-0.3, -0.25) is 14.6 Å². The van der Waals surface area contributed by atoms with Crippen molar-refractivity contribution >= 4 is 22.8 Å². The molecule has 0 saturated carbocycles. The number of imide groups is 1. The molecule has 2 atom stereocenters. The Bertz CT molecular complexity index is 1410. The van der Waals surface area contributed by atoms with Gasteiger partial charge < -0.3 is 24.5 Å². The number of carbonyl (C=O) groups is 2. The zero-order valence-electron chi connectivity index (χ0n) is 22.8. The summed E-state index contributed by atoms with van der Waals surface area (Å²) in [5.74, 6) is -0.671. The van der Waals surface area contributed by atoms with Crippen molar-refractivity contribution in [3.8, 4) is 11.5 Å². The Morgan fingerprint density at radius 3 is 2.69 bits per heavy atom. The second-order valence-corrected chi connectivity index (χ2v) is 10.4. The molecule has 9 nitrogen and oxygen atoms in total. The van der Waals surface area contributed by atoms with Crippen LogP contribution < -0.4 is 4.74 Å². The molecule has 0 aliphatic carbocycles. The van der Waals surface area contributed by atoms with E-state index in [0.29, 0.717) is 40.8 Å². The monoisotopic (exact) mass is 538 g/mol. The van der Waals surface area contributed by atoms with E-state index in [-0.39, 0.29) is 30.4 Å². The number of nitrogens with one attached hydrogen (secondary N) is 1. The number of urea groups is 1. The van der Waals surface area contributed by atoms with Gasteiger partial charge in [-0.1, -0.05) is 19.1 Å². The normalized spacial score (nSPS) is 20.7. The van der Waals surface area contributed by atoms with Crippen LogP contribution in [0.3, 0.4) is 0 Å². The molecule has 1 saturated heterocycles. The van der Waals surface area contributed by atoms with Gasteiger partial charge >= 0.3 is 6.03 Å². The van der Waals surface area contributed by atoms with Crippen molar-refractivity contribution in [2.45, 2.75) is 38.3 Å². The number of benzene rings is 2. The van der Waals surface area contributed by atoms with E-state index in [2.05, 4.69) is 16.8 Å². The van der Waals surface area contributed by atoms with E-state index in [9.17, 15) is 14.7 Å². The third-order valence-corrected chi connectivity index (χ3v) is 8.05. The van der Waals surface area contributed by atoms with Crippen molar-refractivity contribution in [2.24, 2.45) is 0 Å². The lowest BCUT2D eigenvalue weighted by Crippen LogP contribution is -2.53. The number of ether oxygens (including phenoxy) is 2. The average molecular weight is 539 g/mol. The lowest BCUT2D eigenvalue weighted by Gasteiger charge is -2.42. The van der Waals surface area contributed by atoms with Gasteiger partial charge in [0.15, 0.2) is 11.6 Å². The van der Waals surface area contributed by atoms with Crippen molar-refractivity contribution < 1.29 is 28.6 Å². The molecule has 0 bridgehead atoms. The van der Waals surface area contributed by atoms with Crippen LogP contribution in [0.25, 0.3) is 10.9 Å². The maximum atomic E-state index is 15.6. The minimum absolute atomic E-state index is 0.0378. The number of hydrogen-bond donors (Lipinski definition) is 2. The van der Waals surface area contributed by atoms with Crippen LogP contribution >= 0.6 is 0 Å². The zero-order valence-corrected chi connectivity index (χ0v) is 22.8. The number of H-pyrrole nitrogens is 1. The molecular formula is C29H35FN4O5. The number of aromatic nitrogens is 1. The summed E-state index contributed by atoms with van der Waals surface area (Å²) in [6, 6.07) is 8.81. The predicted octanol–water partition coefficient (Wildman–Crippen LogP) is 4.05. The summed E-state index contributed by atoms with van der Waals surface area (Å²) in [5, 5.41) is 10.6. The van der Waals surface area contributed by atoms with Crippen molar-refractivity contribution in [2.75, 3.05) is 47.0 Å². The Balaban J connectivity index is 1.56. The summed E-state index contributed by atoms with van der Waals surface area (Å²) in [4.78, 5) is 36.4. The number of nitrogens with zero attached hydrogens (tertiary/aromatic N) is 3. The molecule has 10 heteroatoms. The first-order valence-electron chi connectivity index (χ1n) is 13.3. The number of phenolic OH excluding ortho intramolecular Hbond substituents is 1. The Kier molecular flexibility index (Phi) is 7.26. The Hall–Kier alpha value is -3.63. The molecule has 2 N–H and O–H groups in total. The number of aromatic hydroxyl groups is 1. The van der Waals surface area contributed by atoms with E-state index >= 15 is 4.39 Å². The molecular weight excluding hydrogens is 503 g/mol. The standard InChI is InChI=1S/C29H35FN4O5/c1-5-32(14-15-38-3)12-7-13-33-27(36)29(2)17-20-23-21(10-11-22(39-4)24(23)30)31-25(20)26(34(29)28(33)37)18-8-6-9-19(35)16-18/h6,8-11,16,26,31,35H,5,7,12-15,17H2,1-4H3. The van der Waals surface area contributed by atoms with Gasteiger partial charge in [-0.25, -0.2) is 9.18 Å². The van der Waals surface area contributed by atoms with Gasteiger partial charge in [0.25, 0.3) is 5.91 Å². The van der Waals surface area contributed by atoms with Gasteiger partial charge in [-0.05, 0) is 61.8 Å². The van der Waals surface area contributed by atoms with Gasteiger partial charge in [0.2, 0.25) is 0 Å². The summed E-state index contributed by atoms with van der Waals surface area (Å²) < 4.78 is 26.0. The zero-order chi connectivity index (χ0) is 27.9. The van der Waals surface area contributed by atoms with Crippen LogP contribution in [-0.4, -0.2) is 89.3 Å². The number of hydrogen-bond acceptors (Lipinski definition) is 6. The minimum Gasteiger partial charge on any atom is -0.508 e. The van der Waals surface area contributed by atoms with Crippen LogP contribution in [0.1, 0.15) is 43.1 Å². The van der Waals surface area contributed by atoms with Gasteiger partial charge in [-0.2, -0.15) is 0 Å². The number of methoxy groups -OCH3 is 2. The molecule has 2 aliphatic rings. The van der Waals surface area contributed by atoms with E-state index in [1.54, 1.807) is 55.3 Å². The molecule has 39 heavy (non-hydrogen) atoms. The highest BCUT2D eigenvalue weighted by Gasteiger charge is 2.60. The van der Waals surface area contributed by atoms with Crippen LogP contribution in [0.15, 0.2) is 36.4 Å². The van der Waals surface area contributed by atoms with Gasteiger partial charge in [0.05, 0.1) is 13.7 Å². The second-order valence-electron chi connectivity index (χ2n) is 10.4. The number of carbonyl (C=O) groups excluding carboxylic acids is 2. The Labute approximate surface area is 227 Å². The highest BCUT2D eigenvalue weighted by molar-refractivity contribution is 6.08. The first-order valence-corrected chi connectivity index (χ1v) is 13.3. The molecule has 208 valence electrons. The fourth-order valence-corrected chi connectivity index (χ4v) is 6.05. The molecule has 3 amide bonds. The quantitative estimate of drug-likeness (QED) is 0.378. The maximum Gasteiger partial charge on any atom is 0.328 e. The van der Waals surface area contributed by atoms with Gasteiger partial charge in [0, 0.05) is 43.2 Å². The van der Waals surface area contributed by atoms with Crippen molar-refractivity contribution in [3.63, 3.8) is 0 Å². The van der Waals surface area contributed by atoms with Crippen LogP contribution in [0.2, 0.25) is 0 Å². The molecule has 0 spiro atoms. The fraction of sp³-hybridized carbons (Fsp3) is 0.448. The molecule has 5 rings (SSSR count). The fourth-order valence-electron chi connectivity index (χ4n) is 6.05. The van der Waals surface area contributed by atoms with E-state index < -0.39 is 23.4 Å². The van der Waals surface area contributed by atoms with Crippen molar-refractivity contribution in [3.05, 3.63) is 59.0 Å². The number of likely N-dealkylation sites (N-methyl/N-ethyl adjacent to an activating group) is 1.